The van der Waals surface area contributed by atoms with Crippen LogP contribution in [-0.2, 0) is 9.53 Å². The Morgan fingerprint density at radius 3 is 2.09 bits per heavy atom. The lowest BCUT2D eigenvalue weighted by Crippen LogP contribution is -2.52. The molecule has 0 spiro atoms. The molecule has 1 heterocycles. The predicted molar refractivity (Wildman–Crippen MR) is 84.5 cm³/mol. The number of aliphatic hydroxyl groups is 1. The Morgan fingerprint density at radius 2 is 1.68 bits per heavy atom. The van der Waals surface area contributed by atoms with Crippen molar-refractivity contribution in [1.29, 1.82) is 0 Å². The maximum Gasteiger partial charge on any atom is 0.411 e. The average molecular weight is 314 g/mol. The monoisotopic (exact) mass is 314 g/mol. The number of nitrogens with zero attached hydrogens (tertiary/aromatic N) is 2. The smallest absolute Gasteiger partial charge is 0.411 e. The number of amides is 2. The van der Waals surface area contributed by atoms with Gasteiger partial charge in [0.05, 0.1) is 12.6 Å². The van der Waals surface area contributed by atoms with Gasteiger partial charge in [-0.1, -0.05) is 0 Å². The average Bonchev–Trinajstić information content (AvgIpc) is 2.68. The quantitative estimate of drug-likeness (QED) is 0.865. The van der Waals surface area contributed by atoms with Gasteiger partial charge in [0.2, 0.25) is 5.91 Å². The number of carbonyl (C=O) groups excluding carboxylic acids is 2. The molecule has 0 bridgehead atoms. The molecule has 22 heavy (non-hydrogen) atoms. The number of ether oxygens (including phenoxy) is 1. The summed E-state index contributed by atoms with van der Waals surface area (Å²) in [5.74, 6) is -0.132. The van der Waals surface area contributed by atoms with Gasteiger partial charge >= 0.3 is 6.09 Å². The van der Waals surface area contributed by atoms with E-state index in [1.54, 1.807) is 25.7 Å². The third-order valence-corrected chi connectivity index (χ3v) is 3.56. The first-order valence-corrected chi connectivity index (χ1v) is 7.94. The van der Waals surface area contributed by atoms with Gasteiger partial charge in [-0.3, -0.25) is 9.69 Å². The molecule has 6 heteroatoms. The van der Waals surface area contributed by atoms with Crippen LogP contribution in [0.2, 0.25) is 0 Å². The predicted octanol–water partition coefficient (Wildman–Crippen LogP) is 2.00. The van der Waals surface area contributed by atoms with Gasteiger partial charge in [0, 0.05) is 18.5 Å². The molecule has 6 nitrogen and oxygen atoms in total. The normalized spacial score (nSPS) is 22.4. The van der Waals surface area contributed by atoms with Gasteiger partial charge in [-0.2, -0.15) is 0 Å². The SMILES string of the molecule is CC(C)N(C(=O)C1C[C@@H](O)CN1C(=O)OC(C)(C)C)C(C)C. The molecule has 0 aromatic rings. The van der Waals surface area contributed by atoms with Crippen LogP contribution >= 0.6 is 0 Å². The highest BCUT2D eigenvalue weighted by Crippen LogP contribution is 2.24. The van der Waals surface area contributed by atoms with Gasteiger partial charge < -0.3 is 14.7 Å². The van der Waals surface area contributed by atoms with Crippen LogP contribution in [0.5, 0.6) is 0 Å². The van der Waals surface area contributed by atoms with Crippen LogP contribution in [0.4, 0.5) is 4.79 Å². The van der Waals surface area contributed by atoms with Crippen molar-refractivity contribution in [3.63, 3.8) is 0 Å². The second kappa shape index (κ2) is 6.86. The van der Waals surface area contributed by atoms with E-state index in [1.807, 2.05) is 27.7 Å². The molecule has 1 fully saturated rings. The Hall–Kier alpha value is -1.30. The van der Waals surface area contributed by atoms with Gasteiger partial charge in [-0.15, -0.1) is 0 Å². The molecule has 2 amide bonds. The Labute approximate surface area is 133 Å². The van der Waals surface area contributed by atoms with Gasteiger partial charge in [-0.25, -0.2) is 4.79 Å². The fourth-order valence-electron chi connectivity index (χ4n) is 2.85. The molecule has 2 atom stereocenters. The largest absolute Gasteiger partial charge is 0.444 e. The second-order valence-corrected chi connectivity index (χ2v) is 7.47. The Morgan fingerprint density at radius 1 is 1.18 bits per heavy atom. The summed E-state index contributed by atoms with van der Waals surface area (Å²) >= 11 is 0. The van der Waals surface area contributed by atoms with E-state index in [0.29, 0.717) is 0 Å². The van der Waals surface area contributed by atoms with E-state index in [2.05, 4.69) is 0 Å². The number of aliphatic hydroxyl groups excluding tert-OH is 1. The maximum atomic E-state index is 12.8. The zero-order valence-electron chi connectivity index (χ0n) is 14.8. The summed E-state index contributed by atoms with van der Waals surface area (Å²) < 4.78 is 5.36. The minimum Gasteiger partial charge on any atom is -0.444 e. The van der Waals surface area contributed by atoms with E-state index in [0.717, 1.165) is 0 Å². The molecular weight excluding hydrogens is 284 g/mol. The van der Waals surface area contributed by atoms with E-state index in [4.69, 9.17) is 4.74 Å². The molecule has 0 radical (unpaired) electrons. The van der Waals surface area contributed by atoms with Crippen LogP contribution in [0.1, 0.15) is 54.9 Å². The summed E-state index contributed by atoms with van der Waals surface area (Å²) in [4.78, 5) is 28.2. The van der Waals surface area contributed by atoms with E-state index in [1.165, 1.54) is 4.90 Å². The van der Waals surface area contributed by atoms with Crippen LogP contribution in [0, 0.1) is 0 Å². The van der Waals surface area contributed by atoms with Crippen molar-refractivity contribution in [3.05, 3.63) is 0 Å². The summed E-state index contributed by atoms with van der Waals surface area (Å²) in [6.45, 7) is 13.3. The van der Waals surface area contributed by atoms with E-state index in [9.17, 15) is 14.7 Å². The van der Waals surface area contributed by atoms with Crippen molar-refractivity contribution in [2.75, 3.05) is 6.54 Å². The lowest BCUT2D eigenvalue weighted by atomic mass is 10.1. The summed E-state index contributed by atoms with van der Waals surface area (Å²) in [5.41, 5.74) is -0.631. The van der Waals surface area contributed by atoms with Crippen LogP contribution in [-0.4, -0.2) is 63.3 Å². The molecule has 1 N–H and O–H groups in total. The van der Waals surface area contributed by atoms with Crippen LogP contribution in [0.15, 0.2) is 0 Å². The van der Waals surface area contributed by atoms with Crippen molar-refractivity contribution in [2.24, 2.45) is 0 Å². The number of carbonyl (C=O) groups is 2. The molecule has 0 aliphatic carbocycles. The fourth-order valence-corrected chi connectivity index (χ4v) is 2.85. The summed E-state index contributed by atoms with van der Waals surface area (Å²) in [7, 11) is 0. The molecule has 1 aliphatic rings. The van der Waals surface area contributed by atoms with Crippen molar-refractivity contribution < 1.29 is 19.4 Å². The zero-order valence-corrected chi connectivity index (χ0v) is 14.8. The van der Waals surface area contributed by atoms with Crippen LogP contribution in [0.3, 0.4) is 0 Å². The third-order valence-electron chi connectivity index (χ3n) is 3.56. The first kappa shape index (κ1) is 18.7. The standard InChI is InChI=1S/C16H30N2O4/c1-10(2)18(11(3)4)14(20)13-8-12(19)9-17(13)15(21)22-16(5,6)7/h10-13,19H,8-9H2,1-7H3/t12-,13?/m1/s1. The molecule has 128 valence electrons. The van der Waals surface area contributed by atoms with Gasteiger partial charge in [0.25, 0.3) is 0 Å². The first-order chi connectivity index (χ1) is 9.94. The molecule has 1 rings (SSSR count). The number of hydrogen-bond acceptors (Lipinski definition) is 4. The molecule has 0 saturated carbocycles. The Bertz CT molecular complexity index is 407. The van der Waals surface area contributed by atoms with Crippen LogP contribution < -0.4 is 0 Å². The number of hydrogen-bond donors (Lipinski definition) is 1. The van der Waals surface area contributed by atoms with Crippen molar-refractivity contribution in [3.8, 4) is 0 Å². The summed E-state index contributed by atoms with van der Waals surface area (Å²) in [6.07, 6.45) is -0.980. The third kappa shape index (κ3) is 4.60. The molecule has 0 aromatic carbocycles. The highest BCUT2D eigenvalue weighted by molar-refractivity contribution is 5.87. The minimum absolute atomic E-state index is 0.0331. The number of rotatable bonds is 3. The maximum absolute atomic E-state index is 12.8. The molecule has 1 saturated heterocycles. The lowest BCUT2D eigenvalue weighted by molar-refractivity contribution is -0.139. The van der Waals surface area contributed by atoms with Crippen LogP contribution in [0.25, 0.3) is 0 Å². The molecule has 1 aliphatic heterocycles. The summed E-state index contributed by atoms with van der Waals surface area (Å²) in [6, 6.07) is -0.592. The van der Waals surface area contributed by atoms with E-state index < -0.39 is 23.8 Å². The second-order valence-electron chi connectivity index (χ2n) is 7.47. The molecular formula is C16H30N2O4. The Kier molecular flexibility index (Phi) is 5.84. The van der Waals surface area contributed by atoms with E-state index >= 15 is 0 Å². The molecule has 1 unspecified atom stereocenters. The fraction of sp³-hybridized carbons (Fsp3) is 0.875. The zero-order chi connectivity index (χ0) is 17.2. The highest BCUT2D eigenvalue weighted by atomic mass is 16.6. The topological polar surface area (TPSA) is 70.1 Å². The number of likely N-dealkylation sites (tertiary alicyclic amines) is 1. The lowest BCUT2D eigenvalue weighted by Gasteiger charge is -2.35. The van der Waals surface area contributed by atoms with Crippen molar-refractivity contribution in [2.45, 2.75) is 84.7 Å². The minimum atomic E-state index is -0.692. The van der Waals surface area contributed by atoms with E-state index in [-0.39, 0.29) is 31.0 Å². The first-order valence-electron chi connectivity index (χ1n) is 7.94. The van der Waals surface area contributed by atoms with Gasteiger partial charge in [-0.05, 0) is 48.5 Å². The van der Waals surface area contributed by atoms with Gasteiger partial charge in [0.1, 0.15) is 11.6 Å². The number of β-amino-alcohol motifs (C(OH)–C–C–N with tert-alkyl or cyclic N) is 1. The van der Waals surface area contributed by atoms with Crippen molar-refractivity contribution in [1.82, 2.24) is 9.80 Å². The summed E-state index contributed by atoms with van der Waals surface area (Å²) in [5, 5.41) is 9.90. The van der Waals surface area contributed by atoms with Crippen molar-refractivity contribution >= 4 is 12.0 Å². The van der Waals surface area contributed by atoms with Gasteiger partial charge in [0.15, 0.2) is 0 Å². The Balaban J connectivity index is 2.95. The highest BCUT2D eigenvalue weighted by Gasteiger charge is 2.43. The molecule has 0 aromatic heterocycles.